The molecule has 92 valence electrons. The van der Waals surface area contributed by atoms with Crippen molar-refractivity contribution in [3.05, 3.63) is 35.4 Å². The topological polar surface area (TPSA) is 38.0 Å². The van der Waals surface area contributed by atoms with Crippen molar-refractivity contribution >= 4 is 0 Å². The molecule has 0 aliphatic heterocycles. The molecule has 0 aliphatic rings. The highest BCUT2D eigenvalue weighted by Gasteiger charge is 2.09. The normalized spacial score (nSPS) is 12.1. The summed E-state index contributed by atoms with van der Waals surface area (Å²) in [5.74, 6) is 6.28. The molecular formula is C13H16F2N2. The zero-order chi connectivity index (χ0) is 12.7. The van der Waals surface area contributed by atoms with Crippen LogP contribution in [0.15, 0.2) is 18.2 Å². The number of unbranched alkanes of at least 4 members (excludes halogenated alkanes) is 1. The molecule has 0 bridgehead atoms. The van der Waals surface area contributed by atoms with Crippen LogP contribution in [0.25, 0.3) is 0 Å². The van der Waals surface area contributed by atoms with E-state index in [1.165, 1.54) is 6.07 Å². The first kappa shape index (κ1) is 13.6. The lowest BCUT2D eigenvalue weighted by atomic mass is 10.0. The molecule has 17 heavy (non-hydrogen) atoms. The molecule has 0 radical (unpaired) electrons. The molecule has 1 atom stereocenters. The standard InChI is InChI=1S/C13H16F2N2/c1-2-3-4-5-11(17-16)8-10-6-7-12(14)13(15)9-10/h1,6-7,9,11,17H,3-5,8,16H2. The molecule has 1 aromatic rings. The van der Waals surface area contributed by atoms with Gasteiger partial charge in [-0.15, -0.1) is 12.3 Å². The maximum Gasteiger partial charge on any atom is 0.159 e. The third-order valence-electron chi connectivity index (χ3n) is 2.58. The van der Waals surface area contributed by atoms with Crippen LogP contribution in [0.4, 0.5) is 8.78 Å². The van der Waals surface area contributed by atoms with Gasteiger partial charge >= 0.3 is 0 Å². The van der Waals surface area contributed by atoms with Gasteiger partial charge in [-0.05, 0) is 37.0 Å². The summed E-state index contributed by atoms with van der Waals surface area (Å²) in [5.41, 5.74) is 3.37. The van der Waals surface area contributed by atoms with E-state index in [0.29, 0.717) is 18.4 Å². The van der Waals surface area contributed by atoms with Crippen molar-refractivity contribution in [2.75, 3.05) is 0 Å². The Morgan fingerprint density at radius 2 is 2.12 bits per heavy atom. The monoisotopic (exact) mass is 238 g/mol. The van der Waals surface area contributed by atoms with Crippen LogP contribution in [0.5, 0.6) is 0 Å². The number of halogens is 2. The second-order valence-corrected chi connectivity index (χ2v) is 3.91. The third-order valence-corrected chi connectivity index (χ3v) is 2.58. The number of nitrogens with one attached hydrogen (secondary N) is 1. The van der Waals surface area contributed by atoms with Crippen LogP contribution in [0.2, 0.25) is 0 Å². The first-order valence-corrected chi connectivity index (χ1v) is 5.51. The minimum absolute atomic E-state index is 0.0215. The highest BCUT2D eigenvalue weighted by molar-refractivity contribution is 5.18. The summed E-state index contributed by atoms with van der Waals surface area (Å²) in [6.45, 7) is 0. The molecule has 1 aromatic carbocycles. The van der Waals surface area contributed by atoms with Gasteiger partial charge in [0, 0.05) is 12.5 Å². The number of terminal acetylenes is 1. The van der Waals surface area contributed by atoms with E-state index in [1.807, 2.05) is 0 Å². The molecule has 0 aliphatic carbocycles. The fourth-order valence-corrected chi connectivity index (χ4v) is 1.65. The molecular weight excluding hydrogens is 222 g/mol. The van der Waals surface area contributed by atoms with Crippen LogP contribution in [0.3, 0.4) is 0 Å². The second kappa shape index (κ2) is 7.00. The van der Waals surface area contributed by atoms with E-state index in [0.717, 1.165) is 18.9 Å². The van der Waals surface area contributed by atoms with E-state index in [9.17, 15) is 8.78 Å². The molecule has 1 unspecified atom stereocenters. The number of benzene rings is 1. The molecule has 0 saturated heterocycles. The van der Waals surface area contributed by atoms with E-state index in [-0.39, 0.29) is 6.04 Å². The lowest BCUT2D eigenvalue weighted by Gasteiger charge is -2.15. The summed E-state index contributed by atoms with van der Waals surface area (Å²) in [6, 6.07) is 3.90. The van der Waals surface area contributed by atoms with Gasteiger partial charge in [-0.3, -0.25) is 11.3 Å². The van der Waals surface area contributed by atoms with Gasteiger partial charge in [0.15, 0.2) is 11.6 Å². The van der Waals surface area contributed by atoms with Crippen LogP contribution >= 0.6 is 0 Å². The summed E-state index contributed by atoms with van der Waals surface area (Å²) >= 11 is 0. The van der Waals surface area contributed by atoms with E-state index in [1.54, 1.807) is 6.07 Å². The molecule has 0 amide bonds. The number of hydrogen-bond donors (Lipinski definition) is 2. The van der Waals surface area contributed by atoms with Gasteiger partial charge in [-0.25, -0.2) is 8.78 Å². The summed E-state index contributed by atoms with van der Waals surface area (Å²) in [6.07, 6.45) is 8.06. The van der Waals surface area contributed by atoms with E-state index < -0.39 is 11.6 Å². The number of hydrazine groups is 1. The van der Waals surface area contributed by atoms with Crippen molar-refractivity contribution in [2.24, 2.45) is 5.84 Å². The molecule has 1 rings (SSSR count). The predicted octanol–water partition coefficient (Wildman–Crippen LogP) is 2.14. The molecule has 0 heterocycles. The Kier molecular flexibility index (Phi) is 5.61. The molecule has 0 aromatic heterocycles. The first-order chi connectivity index (χ1) is 8.17. The molecule has 4 heteroatoms. The quantitative estimate of drug-likeness (QED) is 0.345. The number of nitrogens with two attached hydrogens (primary N) is 1. The Bertz CT molecular complexity index is 399. The van der Waals surface area contributed by atoms with Crippen LogP contribution in [-0.2, 0) is 6.42 Å². The van der Waals surface area contributed by atoms with Crippen molar-refractivity contribution < 1.29 is 8.78 Å². The molecule has 3 N–H and O–H groups in total. The Labute approximate surface area is 100 Å². The van der Waals surface area contributed by atoms with Gasteiger partial charge in [-0.2, -0.15) is 0 Å². The zero-order valence-electron chi connectivity index (χ0n) is 9.55. The highest BCUT2D eigenvalue weighted by atomic mass is 19.2. The Morgan fingerprint density at radius 1 is 1.35 bits per heavy atom. The number of rotatable bonds is 6. The van der Waals surface area contributed by atoms with Crippen molar-refractivity contribution in [3.8, 4) is 12.3 Å². The first-order valence-electron chi connectivity index (χ1n) is 5.51. The van der Waals surface area contributed by atoms with Crippen molar-refractivity contribution in [1.82, 2.24) is 5.43 Å². The van der Waals surface area contributed by atoms with Crippen LogP contribution < -0.4 is 11.3 Å². The third kappa shape index (κ3) is 4.51. The minimum Gasteiger partial charge on any atom is -0.271 e. The van der Waals surface area contributed by atoms with Crippen molar-refractivity contribution in [3.63, 3.8) is 0 Å². The molecule has 0 fully saturated rings. The lowest BCUT2D eigenvalue weighted by Crippen LogP contribution is -2.36. The van der Waals surface area contributed by atoms with Crippen LogP contribution in [-0.4, -0.2) is 6.04 Å². The average Bonchev–Trinajstić information content (AvgIpc) is 2.32. The largest absolute Gasteiger partial charge is 0.271 e. The predicted molar refractivity (Wildman–Crippen MR) is 63.9 cm³/mol. The average molecular weight is 238 g/mol. The summed E-state index contributed by atoms with van der Waals surface area (Å²) in [4.78, 5) is 0. The van der Waals surface area contributed by atoms with Crippen LogP contribution in [0, 0.1) is 24.0 Å². The van der Waals surface area contributed by atoms with Gasteiger partial charge in [0.05, 0.1) is 0 Å². The highest BCUT2D eigenvalue weighted by Crippen LogP contribution is 2.12. The molecule has 2 nitrogen and oxygen atoms in total. The maximum atomic E-state index is 13.0. The summed E-state index contributed by atoms with van der Waals surface area (Å²) < 4.78 is 25.7. The second-order valence-electron chi connectivity index (χ2n) is 3.91. The Morgan fingerprint density at radius 3 is 2.71 bits per heavy atom. The van der Waals surface area contributed by atoms with E-state index in [2.05, 4.69) is 11.3 Å². The Hall–Kier alpha value is -1.44. The molecule has 0 saturated carbocycles. The van der Waals surface area contributed by atoms with E-state index in [4.69, 9.17) is 12.3 Å². The fraction of sp³-hybridized carbons (Fsp3) is 0.385. The summed E-state index contributed by atoms with van der Waals surface area (Å²) in [7, 11) is 0. The Balaban J connectivity index is 2.55. The van der Waals surface area contributed by atoms with Gasteiger partial charge < -0.3 is 0 Å². The van der Waals surface area contributed by atoms with Gasteiger partial charge in [-0.1, -0.05) is 6.07 Å². The van der Waals surface area contributed by atoms with Crippen molar-refractivity contribution in [1.29, 1.82) is 0 Å². The zero-order valence-corrected chi connectivity index (χ0v) is 9.55. The maximum absolute atomic E-state index is 13.0. The van der Waals surface area contributed by atoms with Gasteiger partial charge in [0.25, 0.3) is 0 Å². The van der Waals surface area contributed by atoms with Gasteiger partial charge in [0.1, 0.15) is 0 Å². The molecule has 0 spiro atoms. The SMILES string of the molecule is C#CCCCC(Cc1ccc(F)c(F)c1)NN. The lowest BCUT2D eigenvalue weighted by molar-refractivity contribution is 0.474. The van der Waals surface area contributed by atoms with Crippen molar-refractivity contribution in [2.45, 2.75) is 31.7 Å². The number of hydrogen-bond acceptors (Lipinski definition) is 2. The fourth-order valence-electron chi connectivity index (χ4n) is 1.65. The minimum atomic E-state index is -0.835. The van der Waals surface area contributed by atoms with Crippen LogP contribution in [0.1, 0.15) is 24.8 Å². The van der Waals surface area contributed by atoms with E-state index >= 15 is 0 Å². The smallest absolute Gasteiger partial charge is 0.159 e. The van der Waals surface area contributed by atoms with Gasteiger partial charge in [0.2, 0.25) is 0 Å². The summed E-state index contributed by atoms with van der Waals surface area (Å²) in [5, 5.41) is 0.